The van der Waals surface area contributed by atoms with Gasteiger partial charge in [0.15, 0.2) is 0 Å². The van der Waals surface area contributed by atoms with Crippen LogP contribution in [0.2, 0.25) is 5.02 Å². The molecular weight excluding hydrogens is 236 g/mol. The Labute approximate surface area is 107 Å². The number of aliphatic hydroxyl groups is 1. The maximum Gasteiger partial charge on any atom is 0.0601 e. The van der Waals surface area contributed by atoms with E-state index in [9.17, 15) is 5.11 Å². The lowest BCUT2D eigenvalue weighted by Gasteiger charge is -2.31. The molecule has 0 radical (unpaired) electrons. The van der Waals surface area contributed by atoms with Crippen molar-refractivity contribution in [3.8, 4) is 0 Å². The molecule has 1 fully saturated rings. The summed E-state index contributed by atoms with van der Waals surface area (Å²) in [5.74, 6) is 0. The van der Waals surface area contributed by atoms with Crippen LogP contribution in [0.5, 0.6) is 0 Å². The minimum atomic E-state index is 0.149. The van der Waals surface area contributed by atoms with Gasteiger partial charge in [-0.15, -0.1) is 0 Å². The van der Waals surface area contributed by atoms with Gasteiger partial charge in [-0.2, -0.15) is 0 Å². The highest BCUT2D eigenvalue weighted by Gasteiger charge is 2.22. The van der Waals surface area contributed by atoms with Crippen LogP contribution in [0, 0.1) is 0 Å². The van der Waals surface area contributed by atoms with E-state index in [1.165, 1.54) is 5.69 Å². The number of hydrogen-bond donors (Lipinski definition) is 2. The van der Waals surface area contributed by atoms with Gasteiger partial charge in [-0.05, 0) is 44.2 Å². The molecule has 1 heterocycles. The van der Waals surface area contributed by atoms with Crippen LogP contribution in [0.15, 0.2) is 24.3 Å². The Morgan fingerprint density at radius 1 is 1.41 bits per heavy atom. The van der Waals surface area contributed by atoms with Crippen LogP contribution < -0.4 is 10.2 Å². The maximum atomic E-state index is 9.30. The third-order valence-corrected chi connectivity index (χ3v) is 3.57. The minimum absolute atomic E-state index is 0.149. The van der Waals surface area contributed by atoms with Crippen LogP contribution in [-0.2, 0) is 0 Å². The molecule has 1 aromatic carbocycles. The van der Waals surface area contributed by atoms with E-state index in [1.807, 2.05) is 24.3 Å². The molecule has 2 unspecified atom stereocenters. The molecule has 2 rings (SSSR count). The molecule has 3 nitrogen and oxygen atoms in total. The van der Waals surface area contributed by atoms with E-state index >= 15 is 0 Å². The van der Waals surface area contributed by atoms with Crippen molar-refractivity contribution in [1.29, 1.82) is 0 Å². The molecule has 0 spiro atoms. The van der Waals surface area contributed by atoms with Gasteiger partial charge in [0.1, 0.15) is 0 Å². The molecule has 0 bridgehead atoms. The summed E-state index contributed by atoms with van der Waals surface area (Å²) in [5.41, 5.74) is 1.17. The lowest BCUT2D eigenvalue weighted by Crippen LogP contribution is -2.42. The van der Waals surface area contributed by atoms with Crippen molar-refractivity contribution in [3.63, 3.8) is 0 Å². The van der Waals surface area contributed by atoms with Gasteiger partial charge in [0, 0.05) is 29.3 Å². The fraction of sp³-hybridized carbons (Fsp3) is 0.538. The van der Waals surface area contributed by atoms with E-state index in [1.54, 1.807) is 0 Å². The zero-order valence-corrected chi connectivity index (χ0v) is 10.8. The average molecular weight is 255 g/mol. The zero-order chi connectivity index (χ0) is 12.3. The molecule has 1 aliphatic heterocycles. The van der Waals surface area contributed by atoms with Gasteiger partial charge in [0.2, 0.25) is 0 Å². The first-order valence-corrected chi connectivity index (χ1v) is 6.45. The topological polar surface area (TPSA) is 35.5 Å². The van der Waals surface area contributed by atoms with Crippen LogP contribution in [-0.4, -0.2) is 36.9 Å². The number of halogens is 1. The number of aliphatic hydroxyl groups excluding tert-OH is 1. The summed E-state index contributed by atoms with van der Waals surface area (Å²) in [4.78, 5) is 2.33. The van der Waals surface area contributed by atoms with Crippen molar-refractivity contribution >= 4 is 17.3 Å². The standard InChI is InChI=1S/C13H19ClN2O/c1-10-6-7-15-12(9-17)8-16(10)13-4-2-11(14)3-5-13/h2-5,10,12,15,17H,6-9H2,1H3. The van der Waals surface area contributed by atoms with Gasteiger partial charge in [-0.1, -0.05) is 11.6 Å². The maximum absolute atomic E-state index is 9.30. The summed E-state index contributed by atoms with van der Waals surface area (Å²) >= 11 is 5.90. The molecule has 0 amide bonds. The predicted molar refractivity (Wildman–Crippen MR) is 71.8 cm³/mol. The normalized spacial score (nSPS) is 25.7. The Balaban J connectivity index is 2.18. The lowest BCUT2D eigenvalue weighted by molar-refractivity contribution is 0.248. The molecule has 17 heavy (non-hydrogen) atoms. The largest absolute Gasteiger partial charge is 0.395 e. The van der Waals surface area contributed by atoms with Crippen molar-refractivity contribution in [2.75, 3.05) is 24.6 Å². The van der Waals surface area contributed by atoms with Gasteiger partial charge in [0.25, 0.3) is 0 Å². The fourth-order valence-electron chi connectivity index (χ4n) is 2.25. The fourth-order valence-corrected chi connectivity index (χ4v) is 2.37. The average Bonchev–Trinajstić information content (AvgIpc) is 2.52. The second-order valence-electron chi connectivity index (χ2n) is 4.60. The highest BCUT2D eigenvalue weighted by molar-refractivity contribution is 6.30. The quantitative estimate of drug-likeness (QED) is 0.846. The van der Waals surface area contributed by atoms with E-state index < -0.39 is 0 Å². The molecule has 0 aromatic heterocycles. The summed E-state index contributed by atoms with van der Waals surface area (Å²) in [6.07, 6.45) is 1.08. The lowest BCUT2D eigenvalue weighted by atomic mass is 10.1. The van der Waals surface area contributed by atoms with Crippen molar-refractivity contribution in [2.24, 2.45) is 0 Å². The molecular formula is C13H19ClN2O. The molecule has 2 N–H and O–H groups in total. The van der Waals surface area contributed by atoms with E-state index in [0.717, 1.165) is 24.5 Å². The molecule has 1 aromatic rings. The van der Waals surface area contributed by atoms with E-state index in [-0.39, 0.29) is 12.6 Å². The minimum Gasteiger partial charge on any atom is -0.395 e. The Bertz CT molecular complexity index is 355. The van der Waals surface area contributed by atoms with Gasteiger partial charge in [0.05, 0.1) is 6.61 Å². The summed E-state index contributed by atoms with van der Waals surface area (Å²) in [7, 11) is 0. The number of benzene rings is 1. The van der Waals surface area contributed by atoms with Crippen LogP contribution in [0.4, 0.5) is 5.69 Å². The third-order valence-electron chi connectivity index (χ3n) is 3.32. The summed E-state index contributed by atoms with van der Waals surface area (Å²) in [6.45, 7) is 4.18. The van der Waals surface area contributed by atoms with E-state index in [4.69, 9.17) is 11.6 Å². The Kier molecular flexibility index (Phi) is 4.26. The van der Waals surface area contributed by atoms with Crippen molar-refractivity contribution < 1.29 is 5.11 Å². The van der Waals surface area contributed by atoms with Gasteiger partial charge in [-0.3, -0.25) is 0 Å². The Hall–Kier alpha value is -0.770. The summed E-state index contributed by atoms with van der Waals surface area (Å²) in [5, 5.41) is 13.4. The third kappa shape index (κ3) is 3.12. The van der Waals surface area contributed by atoms with Crippen LogP contribution in [0.3, 0.4) is 0 Å². The van der Waals surface area contributed by atoms with Crippen LogP contribution in [0.25, 0.3) is 0 Å². The van der Waals surface area contributed by atoms with E-state index in [0.29, 0.717) is 6.04 Å². The predicted octanol–water partition coefficient (Wildman–Crippen LogP) is 1.89. The monoisotopic (exact) mass is 254 g/mol. The SMILES string of the molecule is CC1CCNC(CO)CN1c1ccc(Cl)cc1. The highest BCUT2D eigenvalue weighted by atomic mass is 35.5. The number of hydrogen-bond acceptors (Lipinski definition) is 3. The molecule has 1 saturated heterocycles. The molecule has 0 saturated carbocycles. The van der Waals surface area contributed by atoms with Gasteiger partial charge in [-0.25, -0.2) is 0 Å². The molecule has 4 heteroatoms. The van der Waals surface area contributed by atoms with Crippen LogP contribution in [0.1, 0.15) is 13.3 Å². The first-order valence-electron chi connectivity index (χ1n) is 6.07. The van der Waals surface area contributed by atoms with Crippen molar-refractivity contribution in [1.82, 2.24) is 5.32 Å². The second-order valence-corrected chi connectivity index (χ2v) is 5.04. The highest BCUT2D eigenvalue weighted by Crippen LogP contribution is 2.22. The van der Waals surface area contributed by atoms with Gasteiger partial charge >= 0.3 is 0 Å². The number of anilines is 1. The Morgan fingerprint density at radius 3 is 2.76 bits per heavy atom. The second kappa shape index (κ2) is 5.71. The molecule has 1 aliphatic rings. The van der Waals surface area contributed by atoms with Gasteiger partial charge < -0.3 is 15.3 Å². The van der Waals surface area contributed by atoms with E-state index in [2.05, 4.69) is 17.1 Å². The molecule has 0 aliphatic carbocycles. The number of nitrogens with one attached hydrogen (secondary N) is 1. The number of nitrogens with zero attached hydrogens (tertiary/aromatic N) is 1. The smallest absolute Gasteiger partial charge is 0.0601 e. The summed E-state index contributed by atoms with van der Waals surface area (Å²) in [6, 6.07) is 8.53. The van der Waals surface area contributed by atoms with Crippen molar-refractivity contribution in [3.05, 3.63) is 29.3 Å². The van der Waals surface area contributed by atoms with Crippen molar-refractivity contribution in [2.45, 2.75) is 25.4 Å². The zero-order valence-electron chi connectivity index (χ0n) is 10.1. The molecule has 94 valence electrons. The summed E-state index contributed by atoms with van der Waals surface area (Å²) < 4.78 is 0. The first kappa shape index (κ1) is 12.7. The first-order chi connectivity index (χ1) is 8.20. The Morgan fingerprint density at radius 2 is 2.12 bits per heavy atom. The number of rotatable bonds is 2. The molecule has 2 atom stereocenters. The van der Waals surface area contributed by atoms with Crippen LogP contribution >= 0.6 is 11.6 Å².